The van der Waals surface area contributed by atoms with Crippen LogP contribution in [0.15, 0.2) is 28.7 Å². The van der Waals surface area contributed by atoms with Crippen LogP contribution in [0.3, 0.4) is 0 Å². The zero-order chi connectivity index (χ0) is 11.5. The maximum atomic E-state index is 12.2. The molecule has 0 bridgehead atoms. The van der Waals surface area contributed by atoms with Crippen molar-refractivity contribution in [1.29, 1.82) is 0 Å². The summed E-state index contributed by atoms with van der Waals surface area (Å²) in [6.07, 6.45) is 2.01. The molecule has 16 heavy (non-hydrogen) atoms. The molecule has 1 aromatic carbocycles. The first kappa shape index (κ1) is 11.6. The normalized spacial score (nSPS) is 20.9. The lowest BCUT2D eigenvalue weighted by Gasteiger charge is -2.31. The molecule has 0 aliphatic carbocycles. The van der Waals surface area contributed by atoms with E-state index in [4.69, 9.17) is 5.73 Å². The molecule has 1 aliphatic rings. The average molecular weight is 283 g/mol. The first-order valence-corrected chi connectivity index (χ1v) is 6.27. The van der Waals surface area contributed by atoms with Crippen molar-refractivity contribution in [3.8, 4) is 0 Å². The maximum Gasteiger partial charge on any atom is 0.255 e. The first-order chi connectivity index (χ1) is 7.68. The van der Waals surface area contributed by atoms with Crippen molar-refractivity contribution in [2.24, 2.45) is 5.73 Å². The largest absolute Gasteiger partial charge is 0.337 e. The Morgan fingerprint density at radius 3 is 2.88 bits per heavy atom. The van der Waals surface area contributed by atoms with Crippen LogP contribution in [0, 0.1) is 0 Å². The fraction of sp³-hybridized carbons (Fsp3) is 0.417. The summed E-state index contributed by atoms with van der Waals surface area (Å²) in [7, 11) is 0. The van der Waals surface area contributed by atoms with Gasteiger partial charge in [-0.3, -0.25) is 4.79 Å². The summed E-state index contributed by atoms with van der Waals surface area (Å²) in [5.74, 6) is 0.0719. The molecule has 1 aliphatic heterocycles. The molecule has 2 rings (SSSR count). The lowest BCUT2D eigenvalue weighted by Crippen LogP contribution is -2.45. The summed E-state index contributed by atoms with van der Waals surface area (Å²) in [5, 5.41) is 0. The SMILES string of the molecule is NC1CCCN(C(=O)c2ccccc2Br)C1. The molecular weight excluding hydrogens is 268 g/mol. The molecule has 0 aromatic heterocycles. The zero-order valence-corrected chi connectivity index (χ0v) is 10.6. The van der Waals surface area contributed by atoms with Crippen LogP contribution >= 0.6 is 15.9 Å². The van der Waals surface area contributed by atoms with Crippen molar-refractivity contribution in [1.82, 2.24) is 4.90 Å². The van der Waals surface area contributed by atoms with Gasteiger partial charge in [0.15, 0.2) is 0 Å². The Bertz CT molecular complexity index is 394. The smallest absolute Gasteiger partial charge is 0.255 e. The molecular formula is C12H15BrN2O. The molecule has 1 fully saturated rings. The summed E-state index contributed by atoms with van der Waals surface area (Å²) in [4.78, 5) is 14.0. The van der Waals surface area contributed by atoms with Crippen LogP contribution < -0.4 is 5.73 Å². The number of rotatable bonds is 1. The molecule has 0 saturated carbocycles. The third-order valence-corrected chi connectivity index (χ3v) is 3.54. The molecule has 1 heterocycles. The molecule has 2 N–H and O–H groups in total. The summed E-state index contributed by atoms with van der Waals surface area (Å²) in [6, 6.07) is 7.63. The van der Waals surface area contributed by atoms with Gasteiger partial charge in [-0.05, 0) is 40.9 Å². The number of carbonyl (C=O) groups excluding carboxylic acids is 1. The van der Waals surface area contributed by atoms with Crippen LogP contribution in [0.25, 0.3) is 0 Å². The zero-order valence-electron chi connectivity index (χ0n) is 9.03. The topological polar surface area (TPSA) is 46.3 Å². The van der Waals surface area contributed by atoms with E-state index in [0.717, 1.165) is 29.4 Å². The van der Waals surface area contributed by atoms with Gasteiger partial charge in [0.05, 0.1) is 5.56 Å². The van der Waals surface area contributed by atoms with Crippen LogP contribution in [0.5, 0.6) is 0 Å². The Balaban J connectivity index is 2.16. The summed E-state index contributed by atoms with van der Waals surface area (Å²) < 4.78 is 0.846. The molecule has 1 aromatic rings. The van der Waals surface area contributed by atoms with Gasteiger partial charge >= 0.3 is 0 Å². The number of benzene rings is 1. The van der Waals surface area contributed by atoms with Gasteiger partial charge in [-0.15, -0.1) is 0 Å². The Hall–Kier alpha value is -0.870. The molecule has 1 unspecified atom stereocenters. The van der Waals surface area contributed by atoms with Crippen molar-refractivity contribution in [3.63, 3.8) is 0 Å². The molecule has 3 nitrogen and oxygen atoms in total. The van der Waals surface area contributed by atoms with E-state index in [1.807, 2.05) is 29.2 Å². The van der Waals surface area contributed by atoms with Crippen molar-refractivity contribution in [2.75, 3.05) is 13.1 Å². The molecule has 4 heteroatoms. The molecule has 86 valence electrons. The Labute approximate surface area is 104 Å². The minimum Gasteiger partial charge on any atom is -0.337 e. The summed E-state index contributed by atoms with van der Waals surface area (Å²) in [5.41, 5.74) is 6.59. The van der Waals surface area contributed by atoms with Crippen molar-refractivity contribution in [3.05, 3.63) is 34.3 Å². The Morgan fingerprint density at radius 2 is 2.19 bits per heavy atom. The van der Waals surface area contributed by atoms with E-state index in [1.165, 1.54) is 0 Å². The van der Waals surface area contributed by atoms with E-state index in [9.17, 15) is 4.79 Å². The number of hydrogen-bond acceptors (Lipinski definition) is 2. The van der Waals surface area contributed by atoms with Gasteiger partial charge < -0.3 is 10.6 Å². The number of nitrogens with two attached hydrogens (primary N) is 1. The standard InChI is InChI=1S/C12H15BrN2O/c13-11-6-2-1-5-10(11)12(16)15-7-3-4-9(14)8-15/h1-2,5-6,9H,3-4,7-8,14H2. The number of amides is 1. The maximum absolute atomic E-state index is 12.2. The third kappa shape index (κ3) is 2.44. The number of nitrogens with zero attached hydrogens (tertiary/aromatic N) is 1. The second-order valence-corrected chi connectivity index (χ2v) is 4.99. The van der Waals surface area contributed by atoms with E-state index in [-0.39, 0.29) is 11.9 Å². The van der Waals surface area contributed by atoms with Crippen molar-refractivity contribution in [2.45, 2.75) is 18.9 Å². The number of likely N-dealkylation sites (tertiary alicyclic amines) is 1. The van der Waals surface area contributed by atoms with Gasteiger partial charge in [0.2, 0.25) is 0 Å². The van der Waals surface area contributed by atoms with E-state index < -0.39 is 0 Å². The lowest BCUT2D eigenvalue weighted by molar-refractivity contribution is 0.0708. The predicted molar refractivity (Wildman–Crippen MR) is 67.3 cm³/mol. The second-order valence-electron chi connectivity index (χ2n) is 4.13. The van der Waals surface area contributed by atoms with Crippen LogP contribution in [0.1, 0.15) is 23.2 Å². The van der Waals surface area contributed by atoms with Crippen LogP contribution in [0.2, 0.25) is 0 Å². The highest BCUT2D eigenvalue weighted by atomic mass is 79.9. The lowest BCUT2D eigenvalue weighted by atomic mass is 10.1. The Kier molecular flexibility index (Phi) is 3.61. The van der Waals surface area contributed by atoms with Gasteiger partial charge in [0, 0.05) is 23.6 Å². The monoisotopic (exact) mass is 282 g/mol. The van der Waals surface area contributed by atoms with Gasteiger partial charge in [-0.25, -0.2) is 0 Å². The minimum absolute atomic E-state index is 0.0719. The van der Waals surface area contributed by atoms with E-state index >= 15 is 0 Å². The first-order valence-electron chi connectivity index (χ1n) is 5.48. The third-order valence-electron chi connectivity index (χ3n) is 2.85. The highest BCUT2D eigenvalue weighted by Crippen LogP contribution is 2.19. The van der Waals surface area contributed by atoms with E-state index in [0.29, 0.717) is 6.54 Å². The van der Waals surface area contributed by atoms with E-state index in [1.54, 1.807) is 0 Å². The fourth-order valence-electron chi connectivity index (χ4n) is 2.00. The van der Waals surface area contributed by atoms with Crippen molar-refractivity contribution >= 4 is 21.8 Å². The molecule has 0 spiro atoms. The highest BCUT2D eigenvalue weighted by molar-refractivity contribution is 9.10. The molecule has 0 radical (unpaired) electrons. The minimum atomic E-state index is 0.0719. The van der Waals surface area contributed by atoms with Crippen LogP contribution in [0.4, 0.5) is 0 Å². The quantitative estimate of drug-likeness (QED) is 0.857. The molecule has 1 saturated heterocycles. The number of piperidine rings is 1. The van der Waals surface area contributed by atoms with Gasteiger partial charge in [0.25, 0.3) is 5.91 Å². The summed E-state index contributed by atoms with van der Waals surface area (Å²) >= 11 is 3.40. The number of carbonyl (C=O) groups is 1. The fourth-order valence-corrected chi connectivity index (χ4v) is 2.45. The highest BCUT2D eigenvalue weighted by Gasteiger charge is 2.23. The molecule has 1 amide bonds. The molecule has 1 atom stereocenters. The number of hydrogen-bond donors (Lipinski definition) is 1. The second kappa shape index (κ2) is 4.97. The number of halogens is 1. The van der Waals surface area contributed by atoms with E-state index in [2.05, 4.69) is 15.9 Å². The van der Waals surface area contributed by atoms with Crippen molar-refractivity contribution < 1.29 is 4.79 Å². The van der Waals surface area contributed by atoms with Gasteiger partial charge in [-0.1, -0.05) is 12.1 Å². The van der Waals surface area contributed by atoms with Crippen LogP contribution in [-0.4, -0.2) is 29.9 Å². The van der Waals surface area contributed by atoms with Gasteiger partial charge in [0.1, 0.15) is 0 Å². The Morgan fingerprint density at radius 1 is 1.44 bits per heavy atom. The van der Waals surface area contributed by atoms with Crippen LogP contribution in [-0.2, 0) is 0 Å². The summed E-state index contributed by atoms with van der Waals surface area (Å²) in [6.45, 7) is 1.48. The predicted octanol–water partition coefficient (Wildman–Crippen LogP) is 2.01. The van der Waals surface area contributed by atoms with Gasteiger partial charge in [-0.2, -0.15) is 0 Å². The average Bonchev–Trinajstić information content (AvgIpc) is 2.29.